The summed E-state index contributed by atoms with van der Waals surface area (Å²) in [5, 5.41) is 0. The molecule has 0 aliphatic rings. The maximum Gasteiger partial charge on any atom is 0.0468 e. The molecule has 5 rings (SSSR count). The van der Waals surface area contributed by atoms with Crippen molar-refractivity contribution in [3.8, 4) is 22.3 Å². The number of hydrogen-bond donors (Lipinski definition) is 0. The highest BCUT2D eigenvalue weighted by molar-refractivity contribution is 5.88. The van der Waals surface area contributed by atoms with Crippen LogP contribution < -0.4 is 4.90 Å². The van der Waals surface area contributed by atoms with Crippen LogP contribution in [0.25, 0.3) is 22.3 Å². The summed E-state index contributed by atoms with van der Waals surface area (Å²) in [6, 6.07) is 45.9. The van der Waals surface area contributed by atoms with Crippen LogP contribution in [-0.2, 0) is 0 Å². The summed E-state index contributed by atoms with van der Waals surface area (Å²) in [6.07, 6.45) is 0. The van der Waals surface area contributed by atoms with Crippen molar-refractivity contribution in [1.29, 1.82) is 0 Å². The molecule has 0 bridgehead atoms. The Kier molecular flexibility index (Phi) is 6.50. The Morgan fingerprint density at radius 3 is 1.51 bits per heavy atom. The predicted molar refractivity (Wildman–Crippen MR) is 151 cm³/mol. The molecule has 172 valence electrons. The van der Waals surface area contributed by atoms with E-state index in [9.17, 15) is 0 Å². The van der Waals surface area contributed by atoms with Crippen molar-refractivity contribution in [3.63, 3.8) is 0 Å². The van der Waals surface area contributed by atoms with Gasteiger partial charge in [-0.1, -0.05) is 110 Å². The summed E-state index contributed by atoms with van der Waals surface area (Å²) < 4.78 is 0. The largest absolute Gasteiger partial charge is 0.310 e. The fraction of sp³-hybridized carbons (Fsp3) is 0.118. The molecule has 1 heteroatoms. The van der Waals surface area contributed by atoms with E-state index < -0.39 is 0 Å². The van der Waals surface area contributed by atoms with Gasteiger partial charge < -0.3 is 4.90 Å². The first-order valence-electron chi connectivity index (χ1n) is 12.3. The maximum atomic E-state index is 2.35. The normalized spacial score (nSPS) is 11.0. The molecular formula is C34H31N. The van der Waals surface area contributed by atoms with Crippen molar-refractivity contribution in [2.45, 2.75) is 26.7 Å². The lowest BCUT2D eigenvalue weighted by atomic mass is 9.93. The van der Waals surface area contributed by atoms with Crippen LogP contribution in [0.2, 0.25) is 0 Å². The molecule has 0 amide bonds. The Morgan fingerprint density at radius 2 is 0.971 bits per heavy atom. The Balaban J connectivity index is 1.69. The van der Waals surface area contributed by atoms with Crippen molar-refractivity contribution in [2.75, 3.05) is 4.90 Å². The third kappa shape index (κ3) is 4.90. The van der Waals surface area contributed by atoms with Crippen LogP contribution >= 0.6 is 0 Å². The van der Waals surface area contributed by atoms with Gasteiger partial charge in [-0.3, -0.25) is 0 Å². The predicted octanol–water partition coefficient (Wildman–Crippen LogP) is 9.92. The minimum absolute atomic E-state index is 0.506. The Bertz CT molecular complexity index is 1380. The lowest BCUT2D eigenvalue weighted by Gasteiger charge is -2.27. The molecule has 0 saturated heterocycles. The molecule has 0 atom stereocenters. The first-order chi connectivity index (χ1) is 17.1. The summed E-state index contributed by atoms with van der Waals surface area (Å²) >= 11 is 0. The third-order valence-corrected chi connectivity index (χ3v) is 6.54. The van der Waals surface area contributed by atoms with Gasteiger partial charge in [-0.15, -0.1) is 0 Å². The molecule has 0 N–H and O–H groups in total. The average molecular weight is 454 g/mol. The smallest absolute Gasteiger partial charge is 0.0468 e. The second kappa shape index (κ2) is 10.0. The van der Waals surface area contributed by atoms with Gasteiger partial charge in [0.15, 0.2) is 0 Å². The SMILES string of the molecule is Cc1ccc(N(c2ccc(C(C)C)cc2)c2ccc(-c3ccccc3)c(-c3ccccc3)c2)cc1. The van der Waals surface area contributed by atoms with E-state index in [4.69, 9.17) is 0 Å². The first kappa shape index (κ1) is 22.7. The van der Waals surface area contributed by atoms with Gasteiger partial charge in [0.1, 0.15) is 0 Å². The zero-order valence-corrected chi connectivity index (χ0v) is 20.6. The minimum Gasteiger partial charge on any atom is -0.310 e. The molecule has 0 fully saturated rings. The van der Waals surface area contributed by atoms with E-state index in [0.29, 0.717) is 5.92 Å². The van der Waals surface area contributed by atoms with Crippen molar-refractivity contribution in [1.82, 2.24) is 0 Å². The second-order valence-electron chi connectivity index (χ2n) is 9.38. The number of aryl methyl sites for hydroxylation is 1. The second-order valence-corrected chi connectivity index (χ2v) is 9.38. The van der Waals surface area contributed by atoms with Crippen LogP contribution in [0, 0.1) is 6.92 Å². The minimum atomic E-state index is 0.506. The van der Waals surface area contributed by atoms with Crippen LogP contribution in [0.4, 0.5) is 17.1 Å². The number of rotatable bonds is 6. The van der Waals surface area contributed by atoms with E-state index in [0.717, 1.165) is 17.1 Å². The fourth-order valence-corrected chi connectivity index (χ4v) is 4.55. The van der Waals surface area contributed by atoms with Crippen LogP contribution in [0.5, 0.6) is 0 Å². The van der Waals surface area contributed by atoms with E-state index in [2.05, 4.69) is 153 Å². The van der Waals surface area contributed by atoms with E-state index in [1.54, 1.807) is 0 Å². The zero-order valence-electron chi connectivity index (χ0n) is 20.6. The molecule has 5 aromatic carbocycles. The van der Waals surface area contributed by atoms with Gasteiger partial charge in [0, 0.05) is 17.1 Å². The molecule has 1 nitrogen and oxygen atoms in total. The van der Waals surface area contributed by atoms with Crippen LogP contribution in [0.3, 0.4) is 0 Å². The van der Waals surface area contributed by atoms with E-state index >= 15 is 0 Å². The third-order valence-electron chi connectivity index (χ3n) is 6.54. The van der Waals surface area contributed by atoms with Gasteiger partial charge in [-0.05, 0) is 77.1 Å². The van der Waals surface area contributed by atoms with Crippen LogP contribution in [-0.4, -0.2) is 0 Å². The Hall–Kier alpha value is -4.10. The van der Waals surface area contributed by atoms with Crippen molar-refractivity contribution < 1.29 is 0 Å². The van der Waals surface area contributed by atoms with Gasteiger partial charge in [0.2, 0.25) is 0 Å². The number of hydrogen-bond acceptors (Lipinski definition) is 1. The Labute approximate surface area is 209 Å². The molecular weight excluding hydrogens is 422 g/mol. The van der Waals surface area contributed by atoms with Gasteiger partial charge in [0.25, 0.3) is 0 Å². The van der Waals surface area contributed by atoms with Crippen molar-refractivity contribution in [2.24, 2.45) is 0 Å². The first-order valence-corrected chi connectivity index (χ1v) is 12.3. The molecule has 0 aromatic heterocycles. The van der Waals surface area contributed by atoms with Crippen LogP contribution in [0.15, 0.2) is 127 Å². The summed E-state index contributed by atoms with van der Waals surface area (Å²) in [6.45, 7) is 6.61. The van der Waals surface area contributed by atoms with E-state index in [1.165, 1.54) is 33.4 Å². The maximum absolute atomic E-state index is 2.35. The van der Waals surface area contributed by atoms with E-state index in [-0.39, 0.29) is 0 Å². The summed E-state index contributed by atoms with van der Waals surface area (Å²) in [7, 11) is 0. The van der Waals surface area contributed by atoms with Crippen molar-refractivity contribution >= 4 is 17.1 Å². The number of nitrogens with zero attached hydrogens (tertiary/aromatic N) is 1. The Morgan fingerprint density at radius 1 is 0.486 bits per heavy atom. The van der Waals surface area contributed by atoms with Crippen LogP contribution in [0.1, 0.15) is 30.9 Å². The fourth-order valence-electron chi connectivity index (χ4n) is 4.55. The summed E-state index contributed by atoms with van der Waals surface area (Å²) in [4.78, 5) is 2.35. The number of anilines is 3. The lowest BCUT2D eigenvalue weighted by Crippen LogP contribution is -2.10. The zero-order chi connectivity index (χ0) is 24.2. The average Bonchev–Trinajstić information content (AvgIpc) is 2.91. The topological polar surface area (TPSA) is 3.24 Å². The van der Waals surface area contributed by atoms with Gasteiger partial charge in [-0.2, -0.15) is 0 Å². The quantitative estimate of drug-likeness (QED) is 0.247. The number of benzene rings is 5. The molecule has 0 radical (unpaired) electrons. The standard InChI is InChI=1S/C34H31N/c1-25(2)27-16-20-31(21-17-27)35(30-18-14-26(3)15-19-30)32-22-23-33(28-10-6-4-7-11-28)34(24-32)29-12-8-5-9-13-29/h4-25H,1-3H3. The summed E-state index contributed by atoms with van der Waals surface area (Å²) in [5.74, 6) is 0.506. The van der Waals surface area contributed by atoms with Gasteiger partial charge in [-0.25, -0.2) is 0 Å². The van der Waals surface area contributed by atoms with Gasteiger partial charge in [0.05, 0.1) is 0 Å². The monoisotopic (exact) mass is 453 g/mol. The molecule has 0 saturated carbocycles. The highest BCUT2D eigenvalue weighted by Gasteiger charge is 2.16. The lowest BCUT2D eigenvalue weighted by molar-refractivity contribution is 0.866. The molecule has 0 unspecified atom stereocenters. The van der Waals surface area contributed by atoms with Gasteiger partial charge >= 0.3 is 0 Å². The molecule has 5 aromatic rings. The van der Waals surface area contributed by atoms with Crippen molar-refractivity contribution in [3.05, 3.63) is 139 Å². The molecule has 0 aliphatic carbocycles. The highest BCUT2D eigenvalue weighted by Crippen LogP contribution is 2.40. The molecule has 0 spiro atoms. The molecule has 0 heterocycles. The molecule has 35 heavy (non-hydrogen) atoms. The summed E-state index contributed by atoms with van der Waals surface area (Å²) in [5.41, 5.74) is 11.0. The van der Waals surface area contributed by atoms with E-state index in [1.807, 2.05) is 0 Å². The molecule has 0 aliphatic heterocycles. The highest BCUT2D eigenvalue weighted by atomic mass is 15.1.